The Labute approximate surface area is 109 Å². The summed E-state index contributed by atoms with van der Waals surface area (Å²) in [5.74, 6) is 0. The van der Waals surface area contributed by atoms with Crippen LogP contribution < -0.4 is 22.1 Å². The SMILES string of the molecule is Nc1c(NOCCOCc2ccccc2)c(=O)c1=O. The highest BCUT2D eigenvalue weighted by Crippen LogP contribution is 2.08. The lowest BCUT2D eigenvalue weighted by Crippen LogP contribution is -2.37. The Hall–Kier alpha value is -2.18. The zero-order valence-corrected chi connectivity index (χ0v) is 10.2. The van der Waals surface area contributed by atoms with Crippen LogP contribution in [-0.2, 0) is 16.2 Å². The van der Waals surface area contributed by atoms with E-state index in [0.29, 0.717) is 13.2 Å². The molecule has 0 spiro atoms. The third-order valence-electron chi connectivity index (χ3n) is 2.56. The van der Waals surface area contributed by atoms with E-state index in [4.69, 9.17) is 15.3 Å². The maximum Gasteiger partial charge on any atom is 0.255 e. The topological polar surface area (TPSA) is 90.7 Å². The molecule has 0 aliphatic rings. The molecule has 2 aromatic rings. The highest BCUT2D eigenvalue weighted by molar-refractivity contribution is 5.70. The molecule has 6 nitrogen and oxygen atoms in total. The molecule has 0 aromatic heterocycles. The molecule has 2 rings (SSSR count). The number of nitrogens with two attached hydrogens (primary N) is 1. The molecule has 0 saturated carbocycles. The first-order valence-electron chi connectivity index (χ1n) is 5.78. The van der Waals surface area contributed by atoms with Crippen molar-refractivity contribution < 1.29 is 9.57 Å². The van der Waals surface area contributed by atoms with Crippen LogP contribution >= 0.6 is 0 Å². The molecule has 0 heterocycles. The Kier molecular flexibility index (Phi) is 4.27. The normalized spacial score (nSPS) is 10.7. The van der Waals surface area contributed by atoms with E-state index < -0.39 is 10.9 Å². The van der Waals surface area contributed by atoms with E-state index in [0.717, 1.165) is 5.56 Å². The zero-order valence-electron chi connectivity index (χ0n) is 10.2. The number of rotatable bonds is 7. The summed E-state index contributed by atoms with van der Waals surface area (Å²) in [6, 6.07) is 9.73. The Morgan fingerprint density at radius 2 is 1.79 bits per heavy atom. The molecule has 0 aliphatic heterocycles. The summed E-state index contributed by atoms with van der Waals surface area (Å²) >= 11 is 0. The molecular formula is C13H14N2O4. The first kappa shape index (κ1) is 13.3. The third kappa shape index (κ3) is 3.18. The van der Waals surface area contributed by atoms with Gasteiger partial charge in [-0.25, -0.2) is 0 Å². The summed E-state index contributed by atoms with van der Waals surface area (Å²) in [7, 11) is 0. The summed E-state index contributed by atoms with van der Waals surface area (Å²) < 4.78 is 5.36. The van der Waals surface area contributed by atoms with Gasteiger partial charge in [0.25, 0.3) is 10.9 Å². The molecule has 2 aromatic carbocycles. The van der Waals surface area contributed by atoms with E-state index >= 15 is 0 Å². The van der Waals surface area contributed by atoms with Gasteiger partial charge in [-0.3, -0.25) is 19.9 Å². The molecule has 0 aliphatic carbocycles. The largest absolute Gasteiger partial charge is 0.394 e. The minimum atomic E-state index is -0.675. The molecule has 100 valence electrons. The van der Waals surface area contributed by atoms with Crippen molar-refractivity contribution in [3.8, 4) is 0 Å². The van der Waals surface area contributed by atoms with Crippen LogP contribution in [0.15, 0.2) is 39.9 Å². The molecule has 0 fully saturated rings. The molecule has 0 radical (unpaired) electrons. The second kappa shape index (κ2) is 6.12. The Morgan fingerprint density at radius 1 is 1.05 bits per heavy atom. The fourth-order valence-corrected chi connectivity index (χ4v) is 1.50. The van der Waals surface area contributed by atoms with Crippen molar-refractivity contribution >= 4 is 11.4 Å². The molecule has 0 saturated heterocycles. The van der Waals surface area contributed by atoms with Gasteiger partial charge in [0, 0.05) is 0 Å². The molecule has 0 atom stereocenters. The van der Waals surface area contributed by atoms with Gasteiger partial charge in [0.15, 0.2) is 0 Å². The van der Waals surface area contributed by atoms with E-state index in [1.165, 1.54) is 0 Å². The molecule has 0 unspecified atom stereocenters. The molecule has 19 heavy (non-hydrogen) atoms. The van der Waals surface area contributed by atoms with Crippen molar-refractivity contribution in [2.75, 3.05) is 24.4 Å². The van der Waals surface area contributed by atoms with Gasteiger partial charge in [-0.2, -0.15) is 0 Å². The van der Waals surface area contributed by atoms with Crippen LogP contribution in [0, 0.1) is 0 Å². The van der Waals surface area contributed by atoms with E-state index in [9.17, 15) is 9.59 Å². The average Bonchev–Trinajstić information content (AvgIpc) is 2.46. The van der Waals surface area contributed by atoms with Gasteiger partial charge < -0.3 is 10.5 Å². The lowest BCUT2D eigenvalue weighted by molar-refractivity contribution is 0.0605. The maximum absolute atomic E-state index is 11.0. The quantitative estimate of drug-likeness (QED) is 0.427. The molecule has 0 bridgehead atoms. The lowest BCUT2D eigenvalue weighted by Gasteiger charge is -2.10. The maximum atomic E-state index is 11.0. The van der Waals surface area contributed by atoms with E-state index in [1.54, 1.807) is 0 Å². The van der Waals surface area contributed by atoms with E-state index in [1.807, 2.05) is 30.3 Å². The number of benzene rings is 1. The van der Waals surface area contributed by atoms with Gasteiger partial charge in [-0.1, -0.05) is 30.3 Å². The average molecular weight is 262 g/mol. The van der Waals surface area contributed by atoms with Crippen molar-refractivity contribution in [3.63, 3.8) is 0 Å². The van der Waals surface area contributed by atoms with Gasteiger partial charge in [0.2, 0.25) is 0 Å². The smallest absolute Gasteiger partial charge is 0.255 e. The second-order valence-corrected chi connectivity index (χ2v) is 3.94. The minimum absolute atomic E-state index is 0.0214. The standard InChI is InChI=1S/C13H14N2O4/c14-10-11(13(17)12(10)16)15-19-7-6-18-8-9-4-2-1-3-5-9/h1-5,15H,6-8,14H2. The number of ether oxygens (including phenoxy) is 1. The Bertz CT molecular complexity index is 603. The summed E-state index contributed by atoms with van der Waals surface area (Å²) in [5, 5.41) is 0. The third-order valence-corrected chi connectivity index (χ3v) is 2.56. The highest BCUT2D eigenvalue weighted by atomic mass is 16.7. The van der Waals surface area contributed by atoms with Crippen LogP contribution in [-0.4, -0.2) is 13.2 Å². The summed E-state index contributed by atoms with van der Waals surface area (Å²) in [4.78, 5) is 26.8. The number of anilines is 2. The minimum Gasteiger partial charge on any atom is -0.394 e. The molecule has 0 amide bonds. The van der Waals surface area contributed by atoms with Crippen LogP contribution in [0.3, 0.4) is 0 Å². The predicted octanol–water partition coefficient (Wildman–Crippen LogP) is 0.425. The van der Waals surface area contributed by atoms with Crippen molar-refractivity contribution in [3.05, 3.63) is 56.3 Å². The van der Waals surface area contributed by atoms with Crippen molar-refractivity contribution in [1.29, 1.82) is 0 Å². The van der Waals surface area contributed by atoms with E-state index in [-0.39, 0.29) is 18.0 Å². The summed E-state index contributed by atoms with van der Waals surface area (Å²) in [5.41, 5.74) is 7.34. The zero-order chi connectivity index (χ0) is 13.7. The van der Waals surface area contributed by atoms with Crippen molar-refractivity contribution in [2.45, 2.75) is 6.61 Å². The number of nitrogens with one attached hydrogen (secondary N) is 1. The van der Waals surface area contributed by atoms with Gasteiger partial charge in [-0.05, 0) is 5.56 Å². The molecule has 3 N–H and O–H groups in total. The van der Waals surface area contributed by atoms with Crippen LogP contribution in [0.4, 0.5) is 11.4 Å². The van der Waals surface area contributed by atoms with Crippen molar-refractivity contribution in [2.24, 2.45) is 0 Å². The summed E-state index contributed by atoms with van der Waals surface area (Å²) in [6.45, 7) is 1.09. The fourth-order valence-electron chi connectivity index (χ4n) is 1.50. The van der Waals surface area contributed by atoms with Crippen LogP contribution in [0.5, 0.6) is 0 Å². The van der Waals surface area contributed by atoms with Gasteiger partial charge in [0.05, 0.1) is 19.8 Å². The molecular weight excluding hydrogens is 248 g/mol. The van der Waals surface area contributed by atoms with E-state index in [2.05, 4.69) is 5.48 Å². The van der Waals surface area contributed by atoms with Crippen LogP contribution in [0.2, 0.25) is 0 Å². The van der Waals surface area contributed by atoms with Gasteiger partial charge in [0.1, 0.15) is 11.4 Å². The van der Waals surface area contributed by atoms with Gasteiger partial charge >= 0.3 is 0 Å². The predicted molar refractivity (Wildman–Crippen MR) is 71.4 cm³/mol. The molecule has 6 heteroatoms. The van der Waals surface area contributed by atoms with Gasteiger partial charge in [-0.15, -0.1) is 0 Å². The fraction of sp³-hybridized carbons (Fsp3) is 0.231. The highest BCUT2D eigenvalue weighted by Gasteiger charge is 2.17. The Balaban J connectivity index is 1.61. The van der Waals surface area contributed by atoms with Crippen LogP contribution in [0.1, 0.15) is 5.56 Å². The monoisotopic (exact) mass is 262 g/mol. The number of hydrogen-bond acceptors (Lipinski definition) is 6. The van der Waals surface area contributed by atoms with Crippen LogP contribution in [0.25, 0.3) is 0 Å². The Morgan fingerprint density at radius 3 is 2.47 bits per heavy atom. The van der Waals surface area contributed by atoms with Crippen molar-refractivity contribution in [1.82, 2.24) is 0 Å². The second-order valence-electron chi connectivity index (χ2n) is 3.94. The summed E-state index contributed by atoms with van der Waals surface area (Å²) in [6.07, 6.45) is 0. The number of nitrogen functional groups attached to an aromatic ring is 1. The first-order valence-corrected chi connectivity index (χ1v) is 5.78. The number of hydrogen-bond donors (Lipinski definition) is 2. The lowest BCUT2D eigenvalue weighted by atomic mass is 10.2. The first-order chi connectivity index (χ1) is 9.20.